The number of piperidine rings is 2. The fourth-order valence-corrected chi connectivity index (χ4v) is 7.15. The van der Waals surface area contributed by atoms with Crippen molar-refractivity contribution < 1.29 is 38.9 Å². The molecule has 0 aromatic heterocycles. The maximum Gasteiger partial charge on any atom is 0.410 e. The molecule has 2 aliphatic heterocycles. The maximum atomic E-state index is 12.2. The molecule has 0 atom stereocenters. The van der Waals surface area contributed by atoms with Crippen molar-refractivity contribution in [2.75, 3.05) is 26.2 Å². The molecule has 2 saturated heterocycles. The fraction of sp³-hybridized carbons (Fsp3) is 0.875. The van der Waals surface area contributed by atoms with Gasteiger partial charge in [0.1, 0.15) is 11.2 Å². The molecular weight excluding hydrogens is 540 g/mol. The Kier molecular flexibility index (Phi) is 10.9. The molecular formula is C32H54N2O8. The third-order valence-corrected chi connectivity index (χ3v) is 9.42. The average molecular weight is 595 g/mol. The van der Waals surface area contributed by atoms with Crippen molar-refractivity contribution in [3.05, 3.63) is 0 Å². The van der Waals surface area contributed by atoms with E-state index in [1.807, 2.05) is 51.3 Å². The first-order valence-corrected chi connectivity index (χ1v) is 15.8. The summed E-state index contributed by atoms with van der Waals surface area (Å²) in [5.41, 5.74) is -0.715. The summed E-state index contributed by atoms with van der Waals surface area (Å²) in [7, 11) is 0. The Morgan fingerprint density at radius 3 is 1.17 bits per heavy atom. The van der Waals surface area contributed by atoms with Crippen LogP contribution in [-0.4, -0.2) is 81.5 Å². The Morgan fingerprint density at radius 1 is 0.595 bits per heavy atom. The second kappa shape index (κ2) is 13.4. The Labute approximate surface area is 251 Å². The van der Waals surface area contributed by atoms with Crippen LogP contribution in [0, 0.1) is 22.7 Å². The summed E-state index contributed by atoms with van der Waals surface area (Å²) in [5, 5.41) is 18.2. The topological polar surface area (TPSA) is 134 Å². The lowest BCUT2D eigenvalue weighted by atomic mass is 9.66. The van der Waals surface area contributed by atoms with Gasteiger partial charge in [0, 0.05) is 26.2 Å². The zero-order chi connectivity index (χ0) is 31.3. The van der Waals surface area contributed by atoms with Crippen LogP contribution in [0.3, 0.4) is 0 Å². The van der Waals surface area contributed by atoms with Gasteiger partial charge in [-0.1, -0.05) is 0 Å². The first-order valence-electron chi connectivity index (χ1n) is 15.8. The van der Waals surface area contributed by atoms with Gasteiger partial charge in [0.2, 0.25) is 0 Å². The SMILES string of the molecule is CC(C)(C)OC(=O)N1CCCC2(CCC(C(=O)O)CC2)C1.CC(C)(C)OC(=O)N1CCCC2(CCC(C(=O)O)CC2)C1. The summed E-state index contributed by atoms with van der Waals surface area (Å²) in [6.07, 6.45) is 10.2. The summed E-state index contributed by atoms with van der Waals surface area (Å²) in [5.74, 6) is -1.76. The Morgan fingerprint density at radius 2 is 0.905 bits per heavy atom. The van der Waals surface area contributed by atoms with Crippen molar-refractivity contribution >= 4 is 24.1 Å². The van der Waals surface area contributed by atoms with Gasteiger partial charge in [-0.3, -0.25) is 9.59 Å². The summed E-state index contributed by atoms with van der Waals surface area (Å²) < 4.78 is 10.9. The van der Waals surface area contributed by atoms with Crippen molar-refractivity contribution in [2.24, 2.45) is 22.7 Å². The first-order chi connectivity index (χ1) is 19.4. The van der Waals surface area contributed by atoms with Crippen molar-refractivity contribution in [3.8, 4) is 0 Å². The number of aliphatic carboxylic acids is 2. The van der Waals surface area contributed by atoms with Crippen LogP contribution in [0.2, 0.25) is 0 Å². The van der Waals surface area contributed by atoms with Crippen molar-refractivity contribution in [1.29, 1.82) is 0 Å². The van der Waals surface area contributed by atoms with E-state index in [1.165, 1.54) is 0 Å². The molecule has 2 heterocycles. The fourth-order valence-electron chi connectivity index (χ4n) is 7.15. The van der Waals surface area contributed by atoms with E-state index in [0.29, 0.717) is 13.1 Å². The summed E-state index contributed by atoms with van der Waals surface area (Å²) in [6.45, 7) is 14.2. The van der Waals surface area contributed by atoms with Gasteiger partial charge in [0.25, 0.3) is 0 Å². The zero-order valence-corrected chi connectivity index (χ0v) is 26.7. The maximum absolute atomic E-state index is 12.2. The molecule has 0 aromatic rings. The van der Waals surface area contributed by atoms with Gasteiger partial charge in [0.05, 0.1) is 11.8 Å². The summed E-state index contributed by atoms with van der Waals surface area (Å²) in [4.78, 5) is 50.2. The molecule has 0 radical (unpaired) electrons. The molecule has 2 saturated carbocycles. The van der Waals surface area contributed by atoms with Crippen LogP contribution in [0.25, 0.3) is 0 Å². The van der Waals surface area contributed by atoms with Crippen LogP contribution in [-0.2, 0) is 19.1 Å². The van der Waals surface area contributed by atoms with Crippen molar-refractivity contribution in [2.45, 2.75) is 130 Å². The van der Waals surface area contributed by atoms with E-state index in [0.717, 1.165) is 90.1 Å². The number of carboxylic acids is 2. The van der Waals surface area contributed by atoms with Crippen molar-refractivity contribution in [1.82, 2.24) is 9.80 Å². The molecule has 0 unspecified atom stereocenters. The Balaban J connectivity index is 0.000000230. The van der Waals surface area contributed by atoms with Crippen LogP contribution >= 0.6 is 0 Å². The molecule has 4 aliphatic rings. The Bertz CT molecular complexity index is 888. The van der Waals surface area contributed by atoms with Crippen LogP contribution in [0.5, 0.6) is 0 Å². The number of ether oxygens (including phenoxy) is 2. The van der Waals surface area contributed by atoms with Crippen LogP contribution < -0.4 is 0 Å². The predicted molar refractivity (Wildman–Crippen MR) is 158 cm³/mol. The van der Waals surface area contributed by atoms with E-state index in [1.54, 1.807) is 0 Å². The van der Waals surface area contributed by atoms with Crippen LogP contribution in [0.15, 0.2) is 0 Å². The monoisotopic (exact) mass is 594 g/mol. The highest BCUT2D eigenvalue weighted by atomic mass is 16.6. The normalized spacial score (nSPS) is 30.2. The third-order valence-electron chi connectivity index (χ3n) is 9.42. The van der Waals surface area contributed by atoms with Gasteiger partial charge >= 0.3 is 24.1 Å². The Hall–Kier alpha value is -2.52. The average Bonchev–Trinajstić information content (AvgIpc) is 2.88. The quantitative estimate of drug-likeness (QED) is 0.367. The van der Waals surface area contributed by atoms with E-state index >= 15 is 0 Å². The number of hydrogen-bond donors (Lipinski definition) is 2. The highest BCUT2D eigenvalue weighted by molar-refractivity contribution is 5.71. The third kappa shape index (κ3) is 9.76. The molecule has 10 nitrogen and oxygen atoms in total. The summed E-state index contributed by atoms with van der Waals surface area (Å²) >= 11 is 0. The number of amides is 2. The van der Waals surface area contributed by atoms with E-state index in [9.17, 15) is 19.2 Å². The number of likely N-dealkylation sites (tertiary alicyclic amines) is 2. The van der Waals surface area contributed by atoms with Gasteiger partial charge < -0.3 is 29.5 Å². The van der Waals surface area contributed by atoms with Gasteiger partial charge in [-0.25, -0.2) is 9.59 Å². The lowest BCUT2D eigenvalue weighted by Crippen LogP contribution is -2.49. The molecule has 10 heteroatoms. The van der Waals surface area contributed by atoms with Crippen LogP contribution in [0.4, 0.5) is 9.59 Å². The predicted octanol–water partition coefficient (Wildman–Crippen LogP) is 6.56. The van der Waals surface area contributed by atoms with Crippen LogP contribution in [0.1, 0.15) is 119 Å². The van der Waals surface area contributed by atoms with E-state index in [4.69, 9.17) is 19.7 Å². The van der Waals surface area contributed by atoms with Gasteiger partial charge in [-0.15, -0.1) is 0 Å². The highest BCUT2D eigenvalue weighted by Crippen LogP contribution is 2.46. The molecule has 2 spiro atoms. The second-order valence-electron chi connectivity index (χ2n) is 15.2. The lowest BCUT2D eigenvalue weighted by Gasteiger charge is -2.46. The van der Waals surface area contributed by atoms with Gasteiger partial charge in [-0.05, 0) is 129 Å². The molecule has 0 aromatic carbocycles. The molecule has 4 fully saturated rings. The highest BCUT2D eigenvalue weighted by Gasteiger charge is 2.43. The number of hydrogen-bond acceptors (Lipinski definition) is 6. The second-order valence-corrected chi connectivity index (χ2v) is 15.2. The molecule has 0 bridgehead atoms. The molecule has 42 heavy (non-hydrogen) atoms. The number of carbonyl (C=O) groups excluding carboxylic acids is 2. The summed E-state index contributed by atoms with van der Waals surface area (Å²) in [6, 6.07) is 0. The zero-order valence-electron chi connectivity index (χ0n) is 26.7. The number of carbonyl (C=O) groups is 4. The minimum absolute atomic E-state index is 0.112. The van der Waals surface area contributed by atoms with Gasteiger partial charge in [0.15, 0.2) is 0 Å². The van der Waals surface area contributed by atoms with E-state index in [2.05, 4.69) is 0 Å². The lowest BCUT2D eigenvalue weighted by molar-refractivity contribution is -0.145. The molecule has 4 rings (SSSR count). The van der Waals surface area contributed by atoms with Gasteiger partial charge in [-0.2, -0.15) is 0 Å². The largest absolute Gasteiger partial charge is 0.481 e. The van der Waals surface area contributed by atoms with Crippen molar-refractivity contribution in [3.63, 3.8) is 0 Å². The first kappa shape index (κ1) is 34.0. The molecule has 2 amide bonds. The van der Waals surface area contributed by atoms with E-state index in [-0.39, 0.29) is 34.9 Å². The standard InChI is InChI=1S/2C16H27NO4/c2*1-15(2,3)21-14(20)17-10-4-7-16(11-17)8-5-12(6-9-16)13(18)19/h2*12H,4-11H2,1-3H3,(H,18,19). The number of carboxylic acid groups (broad SMARTS) is 2. The molecule has 240 valence electrons. The molecule has 2 N–H and O–H groups in total. The van der Waals surface area contributed by atoms with E-state index < -0.39 is 23.1 Å². The minimum atomic E-state index is -0.676. The number of rotatable bonds is 2. The number of nitrogens with zero attached hydrogens (tertiary/aromatic N) is 2. The minimum Gasteiger partial charge on any atom is -0.481 e. The smallest absolute Gasteiger partial charge is 0.410 e. The molecule has 2 aliphatic carbocycles.